The van der Waals surface area contributed by atoms with Crippen LogP contribution in [0.15, 0.2) is 17.5 Å². The lowest BCUT2D eigenvalue weighted by molar-refractivity contribution is 0.0853. The van der Waals surface area contributed by atoms with Crippen molar-refractivity contribution in [2.75, 3.05) is 0 Å². The molecule has 1 heterocycles. The number of hydrogen-bond donors (Lipinski definition) is 2. The highest BCUT2D eigenvalue weighted by Crippen LogP contribution is 2.19. The molecule has 0 aliphatic heterocycles. The SMILES string of the molecule is O=C(NC1CCCC(O)C1)c1cccs1. The van der Waals surface area contributed by atoms with Gasteiger partial charge in [0.05, 0.1) is 11.0 Å². The van der Waals surface area contributed by atoms with Crippen molar-refractivity contribution in [2.45, 2.75) is 37.8 Å². The molecule has 2 rings (SSSR count). The fourth-order valence-corrected chi connectivity index (χ4v) is 2.59. The van der Waals surface area contributed by atoms with Crippen LogP contribution >= 0.6 is 11.3 Å². The molecule has 3 nitrogen and oxygen atoms in total. The van der Waals surface area contributed by atoms with Crippen LogP contribution in [0.3, 0.4) is 0 Å². The zero-order valence-corrected chi connectivity index (χ0v) is 9.30. The molecular formula is C11H15NO2S. The van der Waals surface area contributed by atoms with Gasteiger partial charge < -0.3 is 10.4 Å². The van der Waals surface area contributed by atoms with Gasteiger partial charge in [-0.3, -0.25) is 4.79 Å². The summed E-state index contributed by atoms with van der Waals surface area (Å²) in [5.41, 5.74) is 0. The summed E-state index contributed by atoms with van der Waals surface area (Å²) in [4.78, 5) is 12.4. The molecular weight excluding hydrogens is 210 g/mol. The van der Waals surface area contributed by atoms with Crippen LogP contribution in [0.2, 0.25) is 0 Å². The molecule has 1 aromatic heterocycles. The summed E-state index contributed by atoms with van der Waals surface area (Å²) in [6, 6.07) is 3.83. The highest BCUT2D eigenvalue weighted by Gasteiger charge is 2.22. The average Bonchev–Trinajstić information content (AvgIpc) is 2.70. The van der Waals surface area contributed by atoms with Crippen molar-refractivity contribution in [3.05, 3.63) is 22.4 Å². The molecule has 0 aromatic carbocycles. The maximum atomic E-state index is 11.7. The largest absolute Gasteiger partial charge is 0.393 e. The fraction of sp³-hybridized carbons (Fsp3) is 0.545. The van der Waals surface area contributed by atoms with Crippen LogP contribution in [0, 0.1) is 0 Å². The van der Waals surface area contributed by atoms with Gasteiger partial charge in [0, 0.05) is 6.04 Å². The van der Waals surface area contributed by atoms with Gasteiger partial charge in [-0.1, -0.05) is 6.07 Å². The molecule has 2 atom stereocenters. The quantitative estimate of drug-likeness (QED) is 0.806. The Morgan fingerprint density at radius 1 is 1.53 bits per heavy atom. The molecule has 82 valence electrons. The number of amides is 1. The predicted octanol–water partition coefficient (Wildman–Crippen LogP) is 1.78. The number of thiophene rings is 1. The normalized spacial score (nSPS) is 26.2. The molecule has 4 heteroatoms. The van der Waals surface area contributed by atoms with Gasteiger partial charge >= 0.3 is 0 Å². The summed E-state index contributed by atoms with van der Waals surface area (Å²) < 4.78 is 0. The average molecular weight is 225 g/mol. The van der Waals surface area contributed by atoms with Crippen LogP contribution in [-0.4, -0.2) is 23.2 Å². The van der Waals surface area contributed by atoms with Crippen LogP contribution < -0.4 is 5.32 Å². The maximum Gasteiger partial charge on any atom is 0.261 e. The molecule has 1 saturated carbocycles. The van der Waals surface area contributed by atoms with E-state index >= 15 is 0 Å². The van der Waals surface area contributed by atoms with E-state index in [0.29, 0.717) is 6.42 Å². The molecule has 1 fully saturated rings. The first kappa shape index (κ1) is 10.6. The maximum absolute atomic E-state index is 11.7. The van der Waals surface area contributed by atoms with Crippen molar-refractivity contribution in [3.63, 3.8) is 0 Å². The number of carbonyl (C=O) groups is 1. The van der Waals surface area contributed by atoms with E-state index in [9.17, 15) is 9.90 Å². The Balaban J connectivity index is 1.89. The Morgan fingerprint density at radius 3 is 3.07 bits per heavy atom. The number of aliphatic hydroxyl groups excluding tert-OH is 1. The van der Waals surface area contributed by atoms with Crippen LogP contribution in [0.1, 0.15) is 35.4 Å². The second-order valence-corrected chi connectivity index (χ2v) is 4.92. The van der Waals surface area contributed by atoms with Gasteiger partial charge in [-0.25, -0.2) is 0 Å². The Bertz CT molecular complexity index is 323. The third-order valence-electron chi connectivity index (χ3n) is 2.73. The summed E-state index contributed by atoms with van der Waals surface area (Å²) in [6.07, 6.45) is 3.29. The van der Waals surface area contributed by atoms with Gasteiger partial charge in [0.25, 0.3) is 5.91 Å². The molecule has 0 radical (unpaired) electrons. The third kappa shape index (κ3) is 2.79. The highest BCUT2D eigenvalue weighted by atomic mass is 32.1. The lowest BCUT2D eigenvalue weighted by atomic mass is 9.93. The summed E-state index contributed by atoms with van der Waals surface area (Å²) >= 11 is 1.45. The Morgan fingerprint density at radius 2 is 2.40 bits per heavy atom. The van der Waals surface area contributed by atoms with E-state index in [-0.39, 0.29) is 18.1 Å². The summed E-state index contributed by atoms with van der Waals surface area (Å²) in [5, 5.41) is 14.3. The molecule has 2 unspecified atom stereocenters. The minimum Gasteiger partial charge on any atom is -0.393 e. The van der Waals surface area contributed by atoms with Gasteiger partial charge in [-0.15, -0.1) is 11.3 Å². The second-order valence-electron chi connectivity index (χ2n) is 3.97. The number of nitrogens with one attached hydrogen (secondary N) is 1. The van der Waals surface area contributed by atoms with Gasteiger partial charge in [0.15, 0.2) is 0 Å². The zero-order valence-electron chi connectivity index (χ0n) is 8.48. The summed E-state index contributed by atoms with van der Waals surface area (Å²) in [6.45, 7) is 0. The predicted molar refractivity (Wildman–Crippen MR) is 60.0 cm³/mol. The standard InChI is InChI=1S/C11H15NO2S/c13-9-4-1-3-8(7-9)12-11(14)10-5-2-6-15-10/h2,5-6,8-9,13H,1,3-4,7H2,(H,12,14). The number of rotatable bonds is 2. The van der Waals surface area contributed by atoms with Crippen molar-refractivity contribution in [1.29, 1.82) is 0 Å². The molecule has 15 heavy (non-hydrogen) atoms. The number of hydrogen-bond acceptors (Lipinski definition) is 3. The van der Waals surface area contributed by atoms with Crippen molar-refractivity contribution < 1.29 is 9.90 Å². The van der Waals surface area contributed by atoms with E-state index in [1.165, 1.54) is 11.3 Å². The Labute approximate surface area is 93.1 Å². The van der Waals surface area contributed by atoms with Crippen LogP contribution in [0.4, 0.5) is 0 Å². The number of carbonyl (C=O) groups excluding carboxylic acids is 1. The van der Waals surface area contributed by atoms with E-state index in [4.69, 9.17) is 0 Å². The van der Waals surface area contributed by atoms with Gasteiger partial charge in [0.1, 0.15) is 0 Å². The van der Waals surface area contributed by atoms with Crippen molar-refractivity contribution in [1.82, 2.24) is 5.32 Å². The topological polar surface area (TPSA) is 49.3 Å². The molecule has 0 bridgehead atoms. The lowest BCUT2D eigenvalue weighted by Crippen LogP contribution is -2.39. The molecule has 2 N–H and O–H groups in total. The molecule has 1 aromatic rings. The van der Waals surface area contributed by atoms with Crippen LogP contribution in [0.25, 0.3) is 0 Å². The zero-order chi connectivity index (χ0) is 10.7. The van der Waals surface area contributed by atoms with E-state index in [2.05, 4.69) is 5.32 Å². The Kier molecular flexibility index (Phi) is 3.38. The summed E-state index contributed by atoms with van der Waals surface area (Å²) in [7, 11) is 0. The molecule has 0 spiro atoms. The monoisotopic (exact) mass is 225 g/mol. The smallest absolute Gasteiger partial charge is 0.261 e. The first-order chi connectivity index (χ1) is 7.25. The van der Waals surface area contributed by atoms with Crippen LogP contribution in [-0.2, 0) is 0 Å². The molecule has 1 aliphatic rings. The highest BCUT2D eigenvalue weighted by molar-refractivity contribution is 7.12. The first-order valence-corrected chi connectivity index (χ1v) is 6.16. The number of aliphatic hydroxyl groups is 1. The van der Waals surface area contributed by atoms with Gasteiger partial charge in [-0.2, -0.15) is 0 Å². The van der Waals surface area contributed by atoms with E-state index < -0.39 is 0 Å². The minimum absolute atomic E-state index is 0.0101. The van der Waals surface area contributed by atoms with Crippen LogP contribution in [0.5, 0.6) is 0 Å². The molecule has 1 amide bonds. The minimum atomic E-state index is -0.243. The van der Waals surface area contributed by atoms with E-state index in [1.54, 1.807) is 0 Å². The molecule has 0 saturated heterocycles. The second kappa shape index (κ2) is 4.77. The van der Waals surface area contributed by atoms with E-state index in [0.717, 1.165) is 24.1 Å². The summed E-state index contributed by atoms with van der Waals surface area (Å²) in [5.74, 6) is -0.0101. The fourth-order valence-electron chi connectivity index (χ4n) is 1.96. The van der Waals surface area contributed by atoms with Gasteiger partial charge in [0.2, 0.25) is 0 Å². The Hall–Kier alpha value is -0.870. The first-order valence-electron chi connectivity index (χ1n) is 5.28. The van der Waals surface area contributed by atoms with Crippen molar-refractivity contribution >= 4 is 17.2 Å². The van der Waals surface area contributed by atoms with Crippen molar-refractivity contribution in [3.8, 4) is 0 Å². The molecule has 1 aliphatic carbocycles. The van der Waals surface area contributed by atoms with Gasteiger partial charge in [-0.05, 0) is 37.1 Å². The third-order valence-corrected chi connectivity index (χ3v) is 3.60. The lowest BCUT2D eigenvalue weighted by Gasteiger charge is -2.26. The van der Waals surface area contributed by atoms with E-state index in [1.807, 2.05) is 17.5 Å². The van der Waals surface area contributed by atoms with Crippen molar-refractivity contribution in [2.24, 2.45) is 0 Å².